The van der Waals surface area contributed by atoms with Crippen molar-refractivity contribution in [3.05, 3.63) is 64.5 Å². The van der Waals surface area contributed by atoms with Gasteiger partial charge in [0.05, 0.1) is 18.7 Å². The van der Waals surface area contributed by atoms with Gasteiger partial charge in [0, 0.05) is 11.1 Å². The molecular formula is C26H25N3O6S. The predicted molar refractivity (Wildman–Crippen MR) is 134 cm³/mol. The zero-order chi connectivity index (χ0) is 25.4. The van der Waals surface area contributed by atoms with Gasteiger partial charge >= 0.3 is 5.97 Å². The molecule has 0 spiro atoms. The number of aliphatic hydroxyl groups is 1. The molecule has 5 rings (SSSR count). The van der Waals surface area contributed by atoms with Crippen LogP contribution >= 0.6 is 11.3 Å². The van der Waals surface area contributed by atoms with Gasteiger partial charge in [0.2, 0.25) is 17.7 Å². The Kier molecular flexibility index (Phi) is 6.46. The minimum absolute atomic E-state index is 0.0440. The molecule has 2 aromatic carbocycles. The molecule has 0 radical (unpaired) electrons. The van der Waals surface area contributed by atoms with Gasteiger partial charge in [-0.25, -0.2) is 4.79 Å². The second-order valence-electron chi connectivity index (χ2n) is 9.03. The summed E-state index contributed by atoms with van der Waals surface area (Å²) in [6, 6.07) is 9.95. The number of carboxylic acids is 1. The first kappa shape index (κ1) is 24.0. The number of fused-ring (bicyclic) bond motifs is 1. The van der Waals surface area contributed by atoms with Crippen LogP contribution in [-0.2, 0) is 38.4 Å². The van der Waals surface area contributed by atoms with E-state index in [4.69, 9.17) is 0 Å². The van der Waals surface area contributed by atoms with Crippen LogP contribution in [0.5, 0.6) is 0 Å². The van der Waals surface area contributed by atoms with Crippen molar-refractivity contribution < 1.29 is 29.4 Å². The van der Waals surface area contributed by atoms with Crippen molar-refractivity contribution in [1.29, 1.82) is 0 Å². The number of benzene rings is 2. The molecule has 2 aliphatic rings. The minimum Gasteiger partial charge on any atom is -0.480 e. The molecule has 2 aliphatic heterocycles. The average Bonchev–Trinajstić information content (AvgIpc) is 3.43. The maximum absolute atomic E-state index is 13.4. The van der Waals surface area contributed by atoms with Crippen molar-refractivity contribution in [2.24, 2.45) is 0 Å². The van der Waals surface area contributed by atoms with Gasteiger partial charge in [-0.05, 0) is 46.4 Å². The van der Waals surface area contributed by atoms with Gasteiger partial charge in [0.25, 0.3) is 0 Å². The Bertz CT molecular complexity index is 1370. The van der Waals surface area contributed by atoms with Crippen molar-refractivity contribution in [3.8, 4) is 0 Å². The summed E-state index contributed by atoms with van der Waals surface area (Å²) < 4.78 is 1.05. The molecule has 186 valence electrons. The standard InChI is InChI=1S/C26H25N3O6S/c30-12-19(27-22(31)11-16-13-36-21-7-2-1-6-17(16)21)24(32)28-18-9-8-14-4-3-5-15-10-20(26(34)35)29(23(14)15)25(18)33/h1-7,13,18-20,30H,8-12H2,(H,27,31)(H,28,32)(H,34,35)/t18-,19-,20-/m0/s1. The number of para-hydroxylation sites is 1. The lowest BCUT2D eigenvalue weighted by atomic mass is 10.0. The van der Waals surface area contributed by atoms with E-state index in [0.717, 1.165) is 26.8 Å². The number of anilines is 1. The number of aliphatic hydroxyl groups excluding tert-OH is 1. The van der Waals surface area contributed by atoms with E-state index in [-0.39, 0.29) is 19.3 Å². The summed E-state index contributed by atoms with van der Waals surface area (Å²) in [6.07, 6.45) is 1.00. The lowest BCUT2D eigenvalue weighted by Crippen LogP contribution is -2.57. The quantitative estimate of drug-likeness (QED) is 0.382. The first-order chi connectivity index (χ1) is 17.4. The normalized spacial score (nSPS) is 19.5. The largest absolute Gasteiger partial charge is 0.480 e. The number of amides is 3. The third-order valence-electron chi connectivity index (χ3n) is 6.75. The highest BCUT2D eigenvalue weighted by Gasteiger charge is 2.44. The van der Waals surface area contributed by atoms with E-state index in [9.17, 15) is 29.4 Å². The lowest BCUT2D eigenvalue weighted by Gasteiger charge is -2.27. The van der Waals surface area contributed by atoms with E-state index in [1.165, 1.54) is 16.2 Å². The molecule has 3 aromatic rings. The van der Waals surface area contributed by atoms with Crippen LogP contribution in [0.2, 0.25) is 0 Å². The first-order valence-electron chi connectivity index (χ1n) is 11.7. The molecule has 3 heterocycles. The fourth-order valence-electron chi connectivity index (χ4n) is 5.02. The Hall–Kier alpha value is -3.76. The molecular weight excluding hydrogens is 482 g/mol. The Labute approximate surface area is 210 Å². The van der Waals surface area contributed by atoms with E-state index in [1.54, 1.807) is 0 Å². The summed E-state index contributed by atoms with van der Waals surface area (Å²) in [6.45, 7) is -0.644. The van der Waals surface area contributed by atoms with E-state index in [0.29, 0.717) is 12.1 Å². The van der Waals surface area contributed by atoms with Gasteiger partial charge in [0.1, 0.15) is 18.1 Å². The number of carboxylic acid groups (broad SMARTS) is 1. The summed E-state index contributed by atoms with van der Waals surface area (Å²) in [5.74, 6) is -2.75. The number of hydrogen-bond donors (Lipinski definition) is 4. The van der Waals surface area contributed by atoms with Crippen molar-refractivity contribution >= 4 is 50.8 Å². The van der Waals surface area contributed by atoms with E-state index >= 15 is 0 Å². The van der Waals surface area contributed by atoms with E-state index < -0.39 is 48.4 Å². The molecule has 0 aliphatic carbocycles. The van der Waals surface area contributed by atoms with Gasteiger partial charge < -0.3 is 20.8 Å². The molecule has 0 unspecified atom stereocenters. The predicted octanol–water partition coefficient (Wildman–Crippen LogP) is 1.39. The number of nitrogens with one attached hydrogen (secondary N) is 2. The highest BCUT2D eigenvalue weighted by atomic mass is 32.1. The fourth-order valence-corrected chi connectivity index (χ4v) is 5.98. The number of carbonyl (C=O) groups excluding carboxylic acids is 3. The van der Waals surface area contributed by atoms with Crippen molar-refractivity contribution in [2.45, 2.75) is 43.8 Å². The van der Waals surface area contributed by atoms with Crippen LogP contribution < -0.4 is 15.5 Å². The van der Waals surface area contributed by atoms with Crippen LogP contribution in [0, 0.1) is 0 Å². The van der Waals surface area contributed by atoms with Gasteiger partial charge in [-0.15, -0.1) is 11.3 Å². The first-order valence-corrected chi connectivity index (χ1v) is 12.6. The highest BCUT2D eigenvalue weighted by Crippen LogP contribution is 2.39. The average molecular weight is 508 g/mol. The van der Waals surface area contributed by atoms with Crippen LogP contribution in [0.1, 0.15) is 23.1 Å². The van der Waals surface area contributed by atoms with Gasteiger partial charge in [-0.1, -0.05) is 36.4 Å². The Morgan fingerprint density at radius 1 is 1.11 bits per heavy atom. The minimum atomic E-state index is -1.25. The molecule has 4 N–H and O–H groups in total. The van der Waals surface area contributed by atoms with Crippen LogP contribution in [0.3, 0.4) is 0 Å². The maximum Gasteiger partial charge on any atom is 0.327 e. The molecule has 36 heavy (non-hydrogen) atoms. The van der Waals surface area contributed by atoms with Crippen molar-refractivity contribution in [3.63, 3.8) is 0 Å². The lowest BCUT2D eigenvalue weighted by molar-refractivity contribution is -0.140. The van der Waals surface area contributed by atoms with Gasteiger partial charge in [0.15, 0.2) is 0 Å². The number of aryl methyl sites for hydroxylation is 1. The monoisotopic (exact) mass is 507 g/mol. The van der Waals surface area contributed by atoms with Crippen molar-refractivity contribution in [2.75, 3.05) is 11.5 Å². The molecule has 0 saturated heterocycles. The van der Waals surface area contributed by atoms with E-state index in [2.05, 4.69) is 10.6 Å². The topological polar surface area (TPSA) is 136 Å². The molecule has 0 saturated carbocycles. The number of hydrogen-bond acceptors (Lipinski definition) is 6. The zero-order valence-corrected chi connectivity index (χ0v) is 20.1. The van der Waals surface area contributed by atoms with Gasteiger partial charge in [-0.2, -0.15) is 0 Å². The van der Waals surface area contributed by atoms with Crippen LogP contribution in [0.15, 0.2) is 47.8 Å². The summed E-state index contributed by atoms with van der Waals surface area (Å²) in [7, 11) is 0. The number of rotatable bonds is 7. The third-order valence-corrected chi connectivity index (χ3v) is 7.77. The van der Waals surface area contributed by atoms with Crippen LogP contribution in [-0.4, -0.2) is 58.6 Å². The molecule has 9 nitrogen and oxygen atoms in total. The molecule has 0 bridgehead atoms. The van der Waals surface area contributed by atoms with Gasteiger partial charge in [-0.3, -0.25) is 19.3 Å². The molecule has 1 aromatic heterocycles. The van der Waals surface area contributed by atoms with Crippen LogP contribution in [0.25, 0.3) is 10.1 Å². The second-order valence-corrected chi connectivity index (χ2v) is 9.94. The van der Waals surface area contributed by atoms with Crippen LogP contribution in [0.4, 0.5) is 5.69 Å². The summed E-state index contributed by atoms with van der Waals surface area (Å²) >= 11 is 1.52. The molecule has 3 atom stereocenters. The summed E-state index contributed by atoms with van der Waals surface area (Å²) in [4.78, 5) is 52.2. The molecule has 10 heteroatoms. The summed E-state index contributed by atoms with van der Waals surface area (Å²) in [5, 5.41) is 27.6. The highest BCUT2D eigenvalue weighted by molar-refractivity contribution is 7.17. The Balaban J connectivity index is 1.28. The van der Waals surface area contributed by atoms with Crippen molar-refractivity contribution in [1.82, 2.24) is 10.6 Å². The zero-order valence-electron chi connectivity index (χ0n) is 19.3. The third kappa shape index (κ3) is 4.33. The Morgan fingerprint density at radius 3 is 2.67 bits per heavy atom. The number of nitrogens with zero attached hydrogens (tertiary/aromatic N) is 1. The maximum atomic E-state index is 13.4. The molecule has 0 fully saturated rings. The molecule has 3 amide bonds. The number of thiophene rings is 1. The smallest absolute Gasteiger partial charge is 0.327 e. The number of carbonyl (C=O) groups is 4. The Morgan fingerprint density at radius 2 is 1.89 bits per heavy atom. The SMILES string of the molecule is O=C(Cc1csc2ccccc12)N[C@@H](CO)C(=O)N[C@H]1CCc2cccc3c2N(C1=O)[C@H](C(=O)O)C3. The summed E-state index contributed by atoms with van der Waals surface area (Å²) in [5.41, 5.74) is 3.09. The second kappa shape index (κ2) is 9.71. The fraction of sp³-hybridized carbons (Fsp3) is 0.308. The number of aliphatic carboxylic acids is 1. The van der Waals surface area contributed by atoms with E-state index in [1.807, 2.05) is 47.8 Å².